The Balaban J connectivity index is 0.00000672. The number of rotatable bonds is 12. The largest absolute Gasteiger partial charge is 2.00 e. The Labute approximate surface area is 511 Å². The van der Waals surface area contributed by atoms with E-state index in [1.54, 1.807) is 0 Å². The molecule has 7 nitrogen and oxygen atoms in total. The number of para-hydroxylation sites is 4. The summed E-state index contributed by atoms with van der Waals surface area (Å²) in [7, 11) is 0. The van der Waals surface area contributed by atoms with Crippen molar-refractivity contribution < 1.29 is 30.2 Å². The van der Waals surface area contributed by atoms with E-state index in [-0.39, 0.29) is 44.7 Å². The third-order valence-corrected chi connectivity index (χ3v) is 16.8. The van der Waals surface area contributed by atoms with Gasteiger partial charge in [0.05, 0.1) is 39.3 Å². The van der Waals surface area contributed by atoms with E-state index >= 15 is 0 Å². The van der Waals surface area contributed by atoms with Crippen LogP contribution in [0, 0.1) is 26.0 Å². The first-order valence-corrected chi connectivity index (χ1v) is 29.5. The second-order valence-corrected chi connectivity index (χ2v) is 23.8. The molecule has 14 aromatic rings. The van der Waals surface area contributed by atoms with Gasteiger partial charge in [-0.15, -0.1) is 23.8 Å². The first kappa shape index (κ1) is 55.3. The summed E-state index contributed by atoms with van der Waals surface area (Å²) in [5.41, 5.74) is 20.7. The fourth-order valence-electron chi connectivity index (χ4n) is 12.9. The number of hydrogen-bond donors (Lipinski definition) is 0. The van der Waals surface area contributed by atoms with Crippen LogP contribution in [-0.2, 0) is 21.1 Å². The quantitative estimate of drug-likeness (QED) is 0.0900. The van der Waals surface area contributed by atoms with Crippen LogP contribution in [0.5, 0.6) is 11.5 Å². The number of aromatic nitrogens is 5. The first-order valence-electron chi connectivity index (χ1n) is 29.5. The predicted molar refractivity (Wildman–Crippen MR) is 348 cm³/mol. The zero-order chi connectivity index (χ0) is 57.7. The number of aryl methyl sites for hydroxylation is 2. The van der Waals surface area contributed by atoms with Crippen LogP contribution >= 0.6 is 0 Å². The molecule has 0 spiro atoms. The molecule has 0 saturated carbocycles. The Morgan fingerprint density at radius 1 is 0.435 bits per heavy atom. The predicted octanol–water partition coefficient (Wildman–Crippen LogP) is 21.1. The Kier molecular flexibility index (Phi) is 14.3. The first-order chi connectivity index (χ1) is 40.8. The molecule has 8 heteroatoms. The molecule has 0 aliphatic heterocycles. The van der Waals surface area contributed by atoms with Gasteiger partial charge in [0.15, 0.2) is 0 Å². The van der Waals surface area contributed by atoms with Gasteiger partial charge in [0, 0.05) is 45.0 Å². The summed E-state index contributed by atoms with van der Waals surface area (Å²) in [6.07, 6.45) is 0. The maximum atomic E-state index is 7.22. The molecule has 420 valence electrons. The average molecular weight is 1290 g/mol. The molecule has 0 aliphatic rings. The molecule has 0 atom stereocenters. The summed E-state index contributed by atoms with van der Waals surface area (Å²) in [6.45, 7) is 22.5. The molecule has 0 radical (unpaired) electrons. The van der Waals surface area contributed by atoms with Crippen LogP contribution in [0.3, 0.4) is 0 Å². The van der Waals surface area contributed by atoms with E-state index in [1.165, 1.54) is 44.5 Å². The van der Waals surface area contributed by atoms with Gasteiger partial charge in [-0.25, -0.2) is 0 Å². The van der Waals surface area contributed by atoms with Crippen LogP contribution in [0.2, 0.25) is 0 Å². The number of pyridine rings is 1. The molecule has 0 unspecified atom stereocenters. The van der Waals surface area contributed by atoms with Crippen molar-refractivity contribution in [1.82, 2.24) is 24.1 Å². The summed E-state index contributed by atoms with van der Waals surface area (Å²) >= 11 is 0. The van der Waals surface area contributed by atoms with Gasteiger partial charge < -0.3 is 18.3 Å². The van der Waals surface area contributed by atoms with Crippen molar-refractivity contribution in [2.75, 3.05) is 0 Å². The van der Waals surface area contributed by atoms with Gasteiger partial charge in [-0.2, -0.15) is 0 Å². The smallest absolute Gasteiger partial charge is 0.501 e. The molecule has 0 N–H and O–H groups in total. The van der Waals surface area contributed by atoms with Crippen LogP contribution in [0.1, 0.15) is 113 Å². The topological polar surface area (TPSA) is 70.9 Å². The summed E-state index contributed by atoms with van der Waals surface area (Å²) in [5, 5.41) is 6.33. The van der Waals surface area contributed by atoms with Crippen LogP contribution in [0.25, 0.3) is 122 Å². The molecule has 0 fully saturated rings. The van der Waals surface area contributed by atoms with Crippen LogP contribution in [0.15, 0.2) is 192 Å². The SMILES string of the molecule is Cc1cc2ccc3c(ccc4oc5c(-c6nc7ccccc7n6-c6c(C(C)C)cc(-c7ccccc7)cc6C(C)C)[c-]c(Oc6[c-]c(-c7nc8ccccc8n7-c7c(C(C)C)cc(-c8ccccc8)cc7C(C)C)ccc6)cc5c43)c2c(C)n1.[Pt+2]. The number of imidazole rings is 2. The van der Waals surface area contributed by atoms with Crippen molar-refractivity contribution in [2.45, 2.75) is 92.9 Å². The van der Waals surface area contributed by atoms with Crippen molar-refractivity contribution in [3.8, 4) is 67.9 Å². The van der Waals surface area contributed by atoms with Gasteiger partial charge in [0.1, 0.15) is 5.58 Å². The molecule has 10 aromatic carbocycles. The van der Waals surface area contributed by atoms with Crippen molar-refractivity contribution in [1.29, 1.82) is 0 Å². The number of ether oxygens (including phenoxy) is 1. The van der Waals surface area contributed by atoms with Gasteiger partial charge >= 0.3 is 21.1 Å². The molecule has 4 aromatic heterocycles. The maximum Gasteiger partial charge on any atom is 2.00 e. The van der Waals surface area contributed by atoms with E-state index in [0.29, 0.717) is 28.5 Å². The third kappa shape index (κ3) is 9.54. The summed E-state index contributed by atoms with van der Waals surface area (Å²) < 4.78 is 19.1. The molecule has 0 aliphatic carbocycles. The number of hydrogen-bond acceptors (Lipinski definition) is 5. The number of fused-ring (bicyclic) bond motifs is 9. The van der Waals surface area contributed by atoms with Crippen LogP contribution in [-0.4, -0.2) is 24.1 Å². The van der Waals surface area contributed by atoms with Gasteiger partial charge in [-0.1, -0.05) is 182 Å². The summed E-state index contributed by atoms with van der Waals surface area (Å²) in [5.74, 6) is 3.27. The van der Waals surface area contributed by atoms with Crippen molar-refractivity contribution >= 4 is 65.6 Å². The molecule has 0 bridgehead atoms. The van der Waals surface area contributed by atoms with Crippen LogP contribution < -0.4 is 4.74 Å². The van der Waals surface area contributed by atoms with E-state index in [4.69, 9.17) is 24.1 Å². The van der Waals surface area contributed by atoms with Crippen molar-refractivity contribution in [2.24, 2.45) is 0 Å². The normalized spacial score (nSPS) is 12.0. The minimum absolute atomic E-state index is 0. The summed E-state index contributed by atoms with van der Waals surface area (Å²) in [4.78, 5) is 16.0. The van der Waals surface area contributed by atoms with E-state index in [0.717, 1.165) is 94.1 Å². The third-order valence-electron chi connectivity index (χ3n) is 16.8. The fourth-order valence-corrected chi connectivity index (χ4v) is 12.9. The van der Waals surface area contributed by atoms with Gasteiger partial charge in [-0.3, -0.25) is 15.0 Å². The second kappa shape index (κ2) is 21.9. The van der Waals surface area contributed by atoms with Crippen molar-refractivity contribution in [3.63, 3.8) is 0 Å². The van der Waals surface area contributed by atoms with E-state index in [1.807, 2.05) is 12.1 Å². The molecule has 85 heavy (non-hydrogen) atoms. The Morgan fingerprint density at radius 3 is 1.51 bits per heavy atom. The minimum Gasteiger partial charge on any atom is -0.501 e. The molecular weight excluding hydrogens is 1220 g/mol. The molecular formula is C77H65N5O2Pt. The molecule has 0 amide bonds. The second-order valence-electron chi connectivity index (χ2n) is 23.8. The zero-order valence-corrected chi connectivity index (χ0v) is 51.8. The monoisotopic (exact) mass is 1290 g/mol. The Bertz CT molecular complexity index is 4850. The van der Waals surface area contributed by atoms with Gasteiger partial charge in [0.25, 0.3) is 0 Å². The molecule has 14 rings (SSSR count). The number of furan rings is 1. The van der Waals surface area contributed by atoms with Crippen LogP contribution in [0.4, 0.5) is 0 Å². The standard InChI is InChI=1S/C77H65N5O2.Pt/c1-44(2)60-38-54(50-22-13-11-14-23-50)39-61(45(3)4)73(60)81-68-30-19-17-28-66(68)79-76(81)53-26-21-27-56(37-53)83-57-42-64-72-59-33-32-52-36-48(9)78-49(10)71(52)58(59)34-35-70(72)84-75(64)65(43-57)77-80-67-29-18-20-31-69(67)82(77)74-62(46(5)6)40-55(41-63(74)47(7)8)51-24-15-12-16-25-51;/h11-36,38-42,44-47H,1-10H3;/q-2;+2. The van der Waals surface area contributed by atoms with Gasteiger partial charge in [0.2, 0.25) is 0 Å². The van der Waals surface area contributed by atoms with Crippen molar-refractivity contribution in [3.05, 3.63) is 234 Å². The van der Waals surface area contributed by atoms with Gasteiger partial charge in [-0.05, 0) is 165 Å². The summed E-state index contributed by atoms with van der Waals surface area (Å²) in [6, 6.07) is 74.5. The molecule has 4 heterocycles. The minimum atomic E-state index is 0. The number of benzene rings is 10. The van der Waals surface area contributed by atoms with E-state index in [2.05, 4.69) is 266 Å². The maximum absolute atomic E-state index is 7.22. The Morgan fingerprint density at radius 2 is 0.941 bits per heavy atom. The Hall–Kier alpha value is -8.90. The average Bonchev–Trinajstić information content (AvgIpc) is 2.21. The fraction of sp³-hybridized carbons (Fsp3) is 0.182. The van der Waals surface area contributed by atoms with E-state index in [9.17, 15) is 0 Å². The van der Waals surface area contributed by atoms with E-state index < -0.39 is 0 Å². The number of nitrogens with zero attached hydrogens (tertiary/aromatic N) is 5. The molecule has 0 saturated heterocycles. The zero-order valence-electron chi connectivity index (χ0n) is 49.6.